The number of para-hydroxylation sites is 2. The third kappa shape index (κ3) is 6.07. The Morgan fingerprint density at radius 3 is 2.38 bits per heavy atom. The summed E-state index contributed by atoms with van der Waals surface area (Å²) in [6.07, 6.45) is 0. The van der Waals surface area contributed by atoms with Crippen LogP contribution in [-0.2, 0) is 14.3 Å². The quantitative estimate of drug-likeness (QED) is 0.657. The Kier molecular flexibility index (Phi) is 7.47. The monoisotopic (exact) mass is 421 g/mol. The predicted molar refractivity (Wildman–Crippen MR) is 102 cm³/mol. The molecular formula is C19H20BrNO5. The first-order valence-electron chi connectivity index (χ1n) is 8.06. The van der Waals surface area contributed by atoms with Gasteiger partial charge in [-0.2, -0.15) is 0 Å². The summed E-state index contributed by atoms with van der Waals surface area (Å²) in [7, 11) is 0. The van der Waals surface area contributed by atoms with Gasteiger partial charge in [-0.3, -0.25) is 4.79 Å². The minimum absolute atomic E-state index is 0.311. The number of carbonyl (C=O) groups is 2. The molecule has 0 heterocycles. The highest BCUT2D eigenvalue weighted by Crippen LogP contribution is 2.26. The highest BCUT2D eigenvalue weighted by atomic mass is 79.9. The molecule has 138 valence electrons. The van der Waals surface area contributed by atoms with Crippen molar-refractivity contribution >= 4 is 33.5 Å². The number of carbonyl (C=O) groups excluding carboxylic acids is 2. The Morgan fingerprint density at radius 1 is 1.04 bits per heavy atom. The van der Waals surface area contributed by atoms with Crippen molar-refractivity contribution in [2.45, 2.75) is 13.8 Å². The smallest absolute Gasteiger partial charge is 0.344 e. The van der Waals surface area contributed by atoms with Crippen LogP contribution in [0, 0.1) is 6.92 Å². The Morgan fingerprint density at radius 2 is 1.73 bits per heavy atom. The van der Waals surface area contributed by atoms with Gasteiger partial charge in [-0.05, 0) is 49.7 Å². The number of hydrogen-bond acceptors (Lipinski definition) is 5. The van der Waals surface area contributed by atoms with E-state index in [9.17, 15) is 9.59 Å². The van der Waals surface area contributed by atoms with E-state index >= 15 is 0 Å². The average molecular weight is 422 g/mol. The molecule has 0 spiro atoms. The first-order chi connectivity index (χ1) is 12.5. The van der Waals surface area contributed by atoms with E-state index in [1.807, 2.05) is 32.0 Å². The lowest BCUT2D eigenvalue weighted by Crippen LogP contribution is -2.24. The second-order valence-corrected chi connectivity index (χ2v) is 6.25. The van der Waals surface area contributed by atoms with Crippen molar-refractivity contribution in [1.29, 1.82) is 0 Å². The zero-order chi connectivity index (χ0) is 18.9. The molecule has 0 atom stereocenters. The van der Waals surface area contributed by atoms with E-state index in [2.05, 4.69) is 21.2 Å². The molecule has 26 heavy (non-hydrogen) atoms. The van der Waals surface area contributed by atoms with Crippen molar-refractivity contribution in [2.75, 3.05) is 25.1 Å². The van der Waals surface area contributed by atoms with Crippen molar-refractivity contribution < 1.29 is 23.8 Å². The number of aryl methyl sites for hydroxylation is 1. The largest absolute Gasteiger partial charge is 0.490 e. The molecule has 1 N–H and O–H groups in total. The first-order valence-corrected chi connectivity index (χ1v) is 8.85. The molecule has 0 fully saturated rings. The maximum Gasteiger partial charge on any atom is 0.344 e. The normalized spacial score (nSPS) is 10.1. The minimum atomic E-state index is -0.640. The molecule has 0 saturated carbocycles. The maximum absolute atomic E-state index is 11.9. The van der Waals surface area contributed by atoms with Crippen LogP contribution >= 0.6 is 15.9 Å². The third-order valence-corrected chi connectivity index (χ3v) is 3.81. The molecule has 0 aliphatic heterocycles. The molecule has 2 aromatic carbocycles. The van der Waals surface area contributed by atoms with Gasteiger partial charge in [0, 0.05) is 10.2 Å². The van der Waals surface area contributed by atoms with Crippen molar-refractivity contribution in [3.8, 4) is 11.5 Å². The van der Waals surface area contributed by atoms with Crippen LogP contribution in [0.2, 0.25) is 0 Å². The number of ether oxygens (including phenoxy) is 3. The van der Waals surface area contributed by atoms with Crippen LogP contribution in [0.1, 0.15) is 12.5 Å². The SMILES string of the molecule is CCOc1ccccc1OCC(=O)OCC(=O)Nc1ccc(Br)cc1C. The molecule has 0 aliphatic rings. The van der Waals surface area contributed by atoms with Gasteiger partial charge in [0.15, 0.2) is 24.7 Å². The van der Waals surface area contributed by atoms with Gasteiger partial charge in [-0.25, -0.2) is 4.79 Å². The molecule has 0 radical (unpaired) electrons. The number of nitrogens with one attached hydrogen (secondary N) is 1. The van der Waals surface area contributed by atoms with Crippen LogP contribution in [0.25, 0.3) is 0 Å². The summed E-state index contributed by atoms with van der Waals surface area (Å²) >= 11 is 3.36. The van der Waals surface area contributed by atoms with E-state index in [1.54, 1.807) is 24.3 Å². The summed E-state index contributed by atoms with van der Waals surface area (Å²) in [5.74, 6) is -0.0648. The second kappa shape index (κ2) is 9.82. The third-order valence-electron chi connectivity index (χ3n) is 3.32. The Bertz CT molecular complexity index is 778. The van der Waals surface area contributed by atoms with Crippen LogP contribution in [0.3, 0.4) is 0 Å². The highest BCUT2D eigenvalue weighted by Gasteiger charge is 2.11. The number of amides is 1. The van der Waals surface area contributed by atoms with Gasteiger partial charge in [0.25, 0.3) is 5.91 Å². The van der Waals surface area contributed by atoms with Crippen LogP contribution < -0.4 is 14.8 Å². The molecule has 6 nitrogen and oxygen atoms in total. The topological polar surface area (TPSA) is 73.9 Å². The fraction of sp³-hybridized carbons (Fsp3) is 0.263. The van der Waals surface area contributed by atoms with Crippen LogP contribution in [0.4, 0.5) is 5.69 Å². The Hall–Kier alpha value is -2.54. The molecule has 7 heteroatoms. The number of benzene rings is 2. The molecule has 0 bridgehead atoms. The molecular weight excluding hydrogens is 402 g/mol. The van der Waals surface area contributed by atoms with Crippen molar-refractivity contribution in [2.24, 2.45) is 0 Å². The highest BCUT2D eigenvalue weighted by molar-refractivity contribution is 9.10. The minimum Gasteiger partial charge on any atom is -0.490 e. The lowest BCUT2D eigenvalue weighted by atomic mass is 10.2. The van der Waals surface area contributed by atoms with Crippen molar-refractivity contribution in [1.82, 2.24) is 0 Å². The number of hydrogen-bond donors (Lipinski definition) is 1. The molecule has 0 aliphatic carbocycles. The van der Waals surface area contributed by atoms with Crippen LogP contribution in [0.5, 0.6) is 11.5 Å². The fourth-order valence-electron chi connectivity index (χ4n) is 2.12. The summed E-state index contributed by atoms with van der Waals surface area (Å²) in [6, 6.07) is 12.5. The molecule has 1 amide bonds. The summed E-state index contributed by atoms with van der Waals surface area (Å²) in [5, 5.41) is 2.69. The number of esters is 1. The van der Waals surface area contributed by atoms with Crippen LogP contribution in [0.15, 0.2) is 46.9 Å². The molecule has 0 saturated heterocycles. The summed E-state index contributed by atoms with van der Waals surface area (Å²) in [5.41, 5.74) is 1.56. The number of rotatable bonds is 8. The van der Waals surface area contributed by atoms with Gasteiger partial charge >= 0.3 is 5.97 Å². The zero-order valence-electron chi connectivity index (χ0n) is 14.6. The summed E-state index contributed by atoms with van der Waals surface area (Å²) in [4.78, 5) is 23.7. The number of halogens is 1. The summed E-state index contributed by atoms with van der Waals surface area (Å²) in [6.45, 7) is 3.52. The van der Waals surface area contributed by atoms with Crippen molar-refractivity contribution in [3.05, 3.63) is 52.5 Å². The molecule has 2 rings (SSSR count). The zero-order valence-corrected chi connectivity index (χ0v) is 16.2. The fourth-order valence-corrected chi connectivity index (χ4v) is 2.60. The van der Waals surface area contributed by atoms with Gasteiger partial charge in [-0.15, -0.1) is 0 Å². The lowest BCUT2D eigenvalue weighted by molar-refractivity contribution is -0.149. The Balaban J connectivity index is 1.79. The van der Waals surface area contributed by atoms with Gasteiger partial charge in [0.1, 0.15) is 0 Å². The predicted octanol–water partition coefficient (Wildman–Crippen LogP) is 3.72. The van der Waals surface area contributed by atoms with E-state index in [0.29, 0.717) is 23.8 Å². The van der Waals surface area contributed by atoms with E-state index in [1.165, 1.54) is 0 Å². The van der Waals surface area contributed by atoms with Crippen molar-refractivity contribution in [3.63, 3.8) is 0 Å². The lowest BCUT2D eigenvalue weighted by Gasteiger charge is -2.12. The Labute approximate surface area is 160 Å². The molecule has 2 aromatic rings. The van der Waals surface area contributed by atoms with Gasteiger partial charge in [-0.1, -0.05) is 28.1 Å². The second-order valence-electron chi connectivity index (χ2n) is 5.34. The van der Waals surface area contributed by atoms with E-state index in [0.717, 1.165) is 10.0 Å². The maximum atomic E-state index is 11.9. The average Bonchev–Trinajstić information content (AvgIpc) is 2.62. The first kappa shape index (κ1) is 19.8. The van der Waals surface area contributed by atoms with Crippen LogP contribution in [-0.4, -0.2) is 31.7 Å². The molecule has 0 unspecified atom stereocenters. The van der Waals surface area contributed by atoms with E-state index in [-0.39, 0.29) is 13.2 Å². The molecule has 0 aromatic heterocycles. The summed E-state index contributed by atoms with van der Waals surface area (Å²) < 4.78 is 16.7. The van der Waals surface area contributed by atoms with Gasteiger partial charge in [0.05, 0.1) is 6.61 Å². The van der Waals surface area contributed by atoms with Gasteiger partial charge in [0.2, 0.25) is 0 Å². The van der Waals surface area contributed by atoms with E-state index < -0.39 is 11.9 Å². The standard InChI is InChI=1S/C19H20BrNO5/c1-3-24-16-6-4-5-7-17(16)25-12-19(23)26-11-18(22)21-15-9-8-14(20)10-13(15)2/h4-10H,3,11-12H2,1-2H3,(H,21,22). The van der Waals surface area contributed by atoms with E-state index in [4.69, 9.17) is 14.2 Å². The number of anilines is 1. The van der Waals surface area contributed by atoms with Gasteiger partial charge < -0.3 is 19.5 Å².